The van der Waals surface area contributed by atoms with Crippen LogP contribution in [0, 0.1) is 13.8 Å². The van der Waals surface area contributed by atoms with E-state index in [-0.39, 0.29) is 0 Å². The van der Waals surface area contributed by atoms with E-state index in [1.54, 1.807) is 6.20 Å². The second-order valence-corrected chi connectivity index (χ2v) is 6.55. The normalized spacial score (nSPS) is 10.5. The van der Waals surface area contributed by atoms with Crippen LogP contribution in [0.15, 0.2) is 54.7 Å². The number of aromatic nitrogens is 2. The maximum Gasteiger partial charge on any atom is 0.229 e. The van der Waals surface area contributed by atoms with Gasteiger partial charge < -0.3 is 15.5 Å². The van der Waals surface area contributed by atoms with Crippen molar-refractivity contribution in [2.24, 2.45) is 0 Å². The van der Waals surface area contributed by atoms with Gasteiger partial charge in [0.1, 0.15) is 5.82 Å². The topological polar surface area (TPSA) is 53.1 Å². The van der Waals surface area contributed by atoms with Crippen LogP contribution in [0.1, 0.15) is 25.0 Å². The van der Waals surface area contributed by atoms with Crippen LogP contribution in [-0.2, 0) is 0 Å². The monoisotopic (exact) mass is 361 g/mol. The Hall–Kier alpha value is -3.08. The number of benzene rings is 2. The lowest BCUT2D eigenvalue weighted by Crippen LogP contribution is -2.21. The Bertz CT molecular complexity index is 885. The van der Waals surface area contributed by atoms with Crippen molar-refractivity contribution in [3.05, 3.63) is 65.9 Å². The molecule has 0 bridgehead atoms. The Morgan fingerprint density at radius 2 is 1.63 bits per heavy atom. The van der Waals surface area contributed by atoms with Crippen molar-refractivity contribution in [3.8, 4) is 0 Å². The highest BCUT2D eigenvalue weighted by Crippen LogP contribution is 2.22. The second kappa shape index (κ2) is 8.54. The Labute approximate surface area is 161 Å². The number of hydrogen-bond acceptors (Lipinski definition) is 5. The van der Waals surface area contributed by atoms with Crippen molar-refractivity contribution in [3.63, 3.8) is 0 Å². The lowest BCUT2D eigenvalue weighted by atomic mass is 10.1. The van der Waals surface area contributed by atoms with E-state index in [1.807, 2.05) is 6.07 Å². The van der Waals surface area contributed by atoms with Crippen LogP contribution in [-0.4, -0.2) is 23.1 Å². The Morgan fingerprint density at radius 3 is 2.30 bits per heavy atom. The van der Waals surface area contributed by atoms with Crippen LogP contribution < -0.4 is 15.5 Å². The van der Waals surface area contributed by atoms with Gasteiger partial charge in [-0.2, -0.15) is 4.98 Å². The lowest BCUT2D eigenvalue weighted by molar-refractivity contribution is 0.866. The van der Waals surface area contributed by atoms with E-state index in [1.165, 1.54) is 16.8 Å². The standard InChI is InChI=1S/C22H27N5/c1-5-27(6-2)19-10-8-18(9-11-19)24-22-23-14-13-21(26-22)25-20-12-7-16(3)15-17(20)4/h7-15H,5-6H2,1-4H3,(H2,23,24,25,26). The van der Waals surface area contributed by atoms with Crippen LogP contribution in [0.5, 0.6) is 0 Å². The summed E-state index contributed by atoms with van der Waals surface area (Å²) in [4.78, 5) is 11.2. The molecule has 1 heterocycles. The summed E-state index contributed by atoms with van der Waals surface area (Å²) >= 11 is 0. The molecule has 3 aromatic rings. The Balaban J connectivity index is 1.72. The molecular weight excluding hydrogens is 334 g/mol. The number of anilines is 5. The van der Waals surface area contributed by atoms with Gasteiger partial charge in [-0.25, -0.2) is 4.98 Å². The van der Waals surface area contributed by atoms with Crippen molar-refractivity contribution in [2.75, 3.05) is 28.6 Å². The minimum Gasteiger partial charge on any atom is -0.372 e. The summed E-state index contributed by atoms with van der Waals surface area (Å²) in [5, 5.41) is 6.64. The quantitative estimate of drug-likeness (QED) is 0.588. The largest absolute Gasteiger partial charge is 0.372 e. The molecule has 27 heavy (non-hydrogen) atoms. The van der Waals surface area contributed by atoms with E-state index >= 15 is 0 Å². The zero-order valence-electron chi connectivity index (χ0n) is 16.5. The highest BCUT2D eigenvalue weighted by Gasteiger charge is 2.05. The molecule has 0 unspecified atom stereocenters. The number of hydrogen-bond donors (Lipinski definition) is 2. The average molecular weight is 361 g/mol. The van der Waals surface area contributed by atoms with Crippen molar-refractivity contribution >= 4 is 28.8 Å². The summed E-state index contributed by atoms with van der Waals surface area (Å²) in [5.74, 6) is 1.33. The van der Waals surface area contributed by atoms with E-state index in [0.717, 1.165) is 30.3 Å². The van der Waals surface area contributed by atoms with Crippen LogP contribution in [0.2, 0.25) is 0 Å². The third-order valence-corrected chi connectivity index (χ3v) is 4.55. The molecule has 5 heteroatoms. The first-order valence-corrected chi connectivity index (χ1v) is 9.38. The number of nitrogens with zero attached hydrogens (tertiary/aromatic N) is 3. The number of rotatable bonds is 7. The maximum absolute atomic E-state index is 4.57. The summed E-state index contributed by atoms with van der Waals surface area (Å²) in [7, 11) is 0. The van der Waals surface area contributed by atoms with E-state index in [0.29, 0.717) is 5.95 Å². The zero-order chi connectivity index (χ0) is 19.2. The molecule has 0 spiro atoms. The van der Waals surface area contributed by atoms with E-state index in [2.05, 4.69) is 95.7 Å². The summed E-state index contributed by atoms with van der Waals surface area (Å²) in [5.41, 5.74) is 5.67. The van der Waals surface area contributed by atoms with E-state index in [4.69, 9.17) is 0 Å². The molecular formula is C22H27N5. The average Bonchev–Trinajstić information content (AvgIpc) is 2.67. The minimum atomic E-state index is 0.570. The first-order chi connectivity index (χ1) is 13.1. The van der Waals surface area contributed by atoms with E-state index < -0.39 is 0 Å². The third-order valence-electron chi connectivity index (χ3n) is 4.55. The fraction of sp³-hybridized carbons (Fsp3) is 0.273. The fourth-order valence-corrected chi connectivity index (χ4v) is 3.05. The van der Waals surface area contributed by atoms with Gasteiger partial charge in [0, 0.05) is 36.3 Å². The maximum atomic E-state index is 4.57. The molecule has 0 saturated carbocycles. The Kier molecular flexibility index (Phi) is 5.91. The van der Waals surface area contributed by atoms with Crippen molar-refractivity contribution in [2.45, 2.75) is 27.7 Å². The molecule has 0 aliphatic rings. The molecule has 0 amide bonds. The highest BCUT2D eigenvalue weighted by molar-refractivity contribution is 5.63. The predicted molar refractivity (Wildman–Crippen MR) is 115 cm³/mol. The molecule has 0 atom stereocenters. The molecule has 0 aliphatic heterocycles. The van der Waals surface area contributed by atoms with Gasteiger partial charge in [-0.3, -0.25) is 0 Å². The van der Waals surface area contributed by atoms with Gasteiger partial charge in [0.15, 0.2) is 0 Å². The first-order valence-electron chi connectivity index (χ1n) is 9.38. The molecule has 2 N–H and O–H groups in total. The fourth-order valence-electron chi connectivity index (χ4n) is 3.05. The Morgan fingerprint density at radius 1 is 0.889 bits per heavy atom. The van der Waals surface area contributed by atoms with E-state index in [9.17, 15) is 0 Å². The smallest absolute Gasteiger partial charge is 0.229 e. The van der Waals surface area contributed by atoms with Gasteiger partial charge in [0.25, 0.3) is 0 Å². The third kappa shape index (κ3) is 4.76. The molecule has 2 aromatic carbocycles. The van der Waals surface area contributed by atoms with Crippen LogP contribution >= 0.6 is 0 Å². The van der Waals surface area contributed by atoms with Crippen LogP contribution in [0.25, 0.3) is 0 Å². The van der Waals surface area contributed by atoms with Gasteiger partial charge in [-0.05, 0) is 69.7 Å². The summed E-state index contributed by atoms with van der Waals surface area (Å²) in [6.45, 7) is 10.5. The van der Waals surface area contributed by atoms with Crippen molar-refractivity contribution in [1.29, 1.82) is 0 Å². The molecule has 0 radical (unpaired) electrons. The van der Waals surface area contributed by atoms with Gasteiger partial charge in [-0.1, -0.05) is 17.7 Å². The molecule has 5 nitrogen and oxygen atoms in total. The van der Waals surface area contributed by atoms with Crippen LogP contribution in [0.3, 0.4) is 0 Å². The molecule has 1 aromatic heterocycles. The molecule has 140 valence electrons. The second-order valence-electron chi connectivity index (χ2n) is 6.55. The summed E-state index contributed by atoms with van der Waals surface area (Å²) < 4.78 is 0. The predicted octanol–water partition coefficient (Wildman–Crippen LogP) is 5.43. The lowest BCUT2D eigenvalue weighted by Gasteiger charge is -2.21. The summed E-state index contributed by atoms with van der Waals surface area (Å²) in [6.07, 6.45) is 1.76. The molecule has 3 rings (SSSR count). The van der Waals surface area contributed by atoms with Crippen LogP contribution in [0.4, 0.5) is 28.8 Å². The van der Waals surface area contributed by atoms with Gasteiger partial charge in [0.05, 0.1) is 0 Å². The van der Waals surface area contributed by atoms with Gasteiger partial charge in [-0.15, -0.1) is 0 Å². The van der Waals surface area contributed by atoms with Gasteiger partial charge >= 0.3 is 0 Å². The number of nitrogens with one attached hydrogen (secondary N) is 2. The first kappa shape index (κ1) is 18.7. The van der Waals surface area contributed by atoms with Crippen molar-refractivity contribution in [1.82, 2.24) is 9.97 Å². The summed E-state index contributed by atoms with van der Waals surface area (Å²) in [6, 6.07) is 16.5. The SMILES string of the molecule is CCN(CC)c1ccc(Nc2nccc(Nc3ccc(C)cc3C)n2)cc1. The molecule has 0 aliphatic carbocycles. The minimum absolute atomic E-state index is 0.570. The molecule has 0 fully saturated rings. The highest BCUT2D eigenvalue weighted by atomic mass is 15.1. The zero-order valence-corrected chi connectivity index (χ0v) is 16.5. The molecule has 0 saturated heterocycles. The number of aryl methyl sites for hydroxylation is 2. The van der Waals surface area contributed by atoms with Crippen molar-refractivity contribution < 1.29 is 0 Å². The van der Waals surface area contributed by atoms with Gasteiger partial charge in [0.2, 0.25) is 5.95 Å².